The average molecular weight is 221 g/mol. The molecule has 0 heterocycles. The highest BCUT2D eigenvalue weighted by atomic mass is 16.5. The number of ether oxygens (including phenoxy) is 1. The normalized spacial score (nSPS) is 10.4. The summed E-state index contributed by atoms with van der Waals surface area (Å²) < 4.78 is 5.73. The molecule has 0 radical (unpaired) electrons. The Labute approximate surface area is 98.8 Å². The van der Waals surface area contributed by atoms with E-state index < -0.39 is 0 Å². The van der Waals surface area contributed by atoms with Crippen LogP contribution >= 0.6 is 0 Å². The van der Waals surface area contributed by atoms with E-state index in [1.165, 1.54) is 24.8 Å². The van der Waals surface area contributed by atoms with Crippen LogP contribution in [0.2, 0.25) is 0 Å². The molecule has 2 heteroatoms. The summed E-state index contributed by atoms with van der Waals surface area (Å²) in [7, 11) is 0. The third-order valence-corrected chi connectivity index (χ3v) is 2.63. The number of unbranched alkanes of at least 4 members (excludes halogenated alkanes) is 2. The first kappa shape index (κ1) is 13.0. The lowest BCUT2D eigenvalue weighted by molar-refractivity contribution is 0.310. The third-order valence-electron chi connectivity index (χ3n) is 2.63. The lowest BCUT2D eigenvalue weighted by atomic mass is 10.1. The van der Waals surface area contributed by atoms with E-state index in [1.807, 2.05) is 6.07 Å². The first-order chi connectivity index (χ1) is 7.88. The number of aryl methyl sites for hydroxylation is 1. The number of rotatable bonds is 8. The van der Waals surface area contributed by atoms with E-state index in [0.717, 1.165) is 25.2 Å². The standard InChI is InChI=1S/C14H23NO/c1-2-3-4-8-13-9-5-6-10-14(13)16-12-7-11-15/h5-6,9-10H,2-4,7-8,11-12,15H2,1H3. The van der Waals surface area contributed by atoms with Gasteiger partial charge in [-0.2, -0.15) is 0 Å². The molecule has 0 saturated carbocycles. The van der Waals surface area contributed by atoms with Crippen molar-refractivity contribution >= 4 is 0 Å². The molecule has 0 amide bonds. The van der Waals surface area contributed by atoms with E-state index in [1.54, 1.807) is 0 Å². The number of nitrogens with two attached hydrogens (primary N) is 1. The van der Waals surface area contributed by atoms with Crippen LogP contribution in [0, 0.1) is 0 Å². The van der Waals surface area contributed by atoms with Gasteiger partial charge in [0.05, 0.1) is 6.61 Å². The van der Waals surface area contributed by atoms with Gasteiger partial charge in [0.25, 0.3) is 0 Å². The largest absolute Gasteiger partial charge is 0.493 e. The van der Waals surface area contributed by atoms with E-state index >= 15 is 0 Å². The van der Waals surface area contributed by atoms with Gasteiger partial charge in [-0.05, 0) is 37.4 Å². The van der Waals surface area contributed by atoms with E-state index in [-0.39, 0.29) is 0 Å². The summed E-state index contributed by atoms with van der Waals surface area (Å²) in [5.74, 6) is 1.03. The monoisotopic (exact) mass is 221 g/mol. The molecule has 0 aliphatic rings. The Morgan fingerprint density at radius 1 is 1.12 bits per heavy atom. The molecule has 2 nitrogen and oxygen atoms in total. The molecule has 0 fully saturated rings. The Balaban J connectivity index is 2.46. The van der Waals surface area contributed by atoms with Crippen LogP contribution in [-0.4, -0.2) is 13.2 Å². The van der Waals surface area contributed by atoms with Gasteiger partial charge in [0, 0.05) is 0 Å². The Morgan fingerprint density at radius 3 is 2.69 bits per heavy atom. The number of para-hydroxylation sites is 1. The van der Waals surface area contributed by atoms with Gasteiger partial charge >= 0.3 is 0 Å². The molecule has 0 spiro atoms. The summed E-state index contributed by atoms with van der Waals surface area (Å²) in [5.41, 5.74) is 6.78. The van der Waals surface area contributed by atoms with Crippen LogP contribution in [0.1, 0.15) is 38.2 Å². The van der Waals surface area contributed by atoms with E-state index in [4.69, 9.17) is 10.5 Å². The zero-order chi connectivity index (χ0) is 11.6. The summed E-state index contributed by atoms with van der Waals surface area (Å²) in [6.07, 6.45) is 5.83. The van der Waals surface area contributed by atoms with Gasteiger partial charge in [0.1, 0.15) is 5.75 Å². The molecular weight excluding hydrogens is 198 g/mol. The molecule has 0 aliphatic heterocycles. The fourth-order valence-electron chi connectivity index (χ4n) is 1.68. The third kappa shape index (κ3) is 4.67. The molecule has 1 aromatic rings. The second-order valence-electron chi connectivity index (χ2n) is 4.06. The van der Waals surface area contributed by atoms with Gasteiger partial charge in [0.2, 0.25) is 0 Å². The van der Waals surface area contributed by atoms with Crippen LogP contribution in [0.3, 0.4) is 0 Å². The van der Waals surface area contributed by atoms with Crippen LogP contribution in [-0.2, 0) is 6.42 Å². The first-order valence-electron chi connectivity index (χ1n) is 6.29. The molecule has 0 atom stereocenters. The maximum absolute atomic E-state index is 5.73. The van der Waals surface area contributed by atoms with Gasteiger partial charge in [-0.25, -0.2) is 0 Å². The highest BCUT2D eigenvalue weighted by molar-refractivity contribution is 5.33. The van der Waals surface area contributed by atoms with Gasteiger partial charge in [0.15, 0.2) is 0 Å². The zero-order valence-corrected chi connectivity index (χ0v) is 10.2. The predicted molar refractivity (Wildman–Crippen MR) is 68.8 cm³/mol. The molecule has 0 bridgehead atoms. The van der Waals surface area contributed by atoms with Crippen LogP contribution in [0.25, 0.3) is 0 Å². The average Bonchev–Trinajstić information content (AvgIpc) is 2.32. The van der Waals surface area contributed by atoms with Crippen molar-refractivity contribution in [3.8, 4) is 5.75 Å². The fourth-order valence-corrected chi connectivity index (χ4v) is 1.68. The minimum absolute atomic E-state index is 0.692. The number of hydrogen-bond acceptors (Lipinski definition) is 2. The SMILES string of the molecule is CCCCCc1ccccc1OCCCN. The molecule has 0 unspecified atom stereocenters. The number of benzene rings is 1. The highest BCUT2D eigenvalue weighted by Gasteiger charge is 2.01. The molecule has 0 aliphatic carbocycles. The molecule has 1 aromatic carbocycles. The fraction of sp³-hybridized carbons (Fsp3) is 0.571. The molecular formula is C14H23NO. The Kier molecular flexibility index (Phi) is 6.66. The summed E-state index contributed by atoms with van der Waals surface area (Å²) >= 11 is 0. The van der Waals surface area contributed by atoms with Crippen LogP contribution in [0.4, 0.5) is 0 Å². The van der Waals surface area contributed by atoms with Gasteiger partial charge in [-0.3, -0.25) is 0 Å². The van der Waals surface area contributed by atoms with Gasteiger partial charge in [-0.15, -0.1) is 0 Å². The van der Waals surface area contributed by atoms with Crippen LogP contribution in [0.5, 0.6) is 5.75 Å². The molecule has 0 saturated heterocycles. The van der Waals surface area contributed by atoms with Crippen molar-refractivity contribution in [1.82, 2.24) is 0 Å². The highest BCUT2D eigenvalue weighted by Crippen LogP contribution is 2.20. The second-order valence-corrected chi connectivity index (χ2v) is 4.06. The summed E-state index contributed by atoms with van der Waals surface area (Å²) in [4.78, 5) is 0. The summed E-state index contributed by atoms with van der Waals surface area (Å²) in [6, 6.07) is 8.32. The van der Waals surface area contributed by atoms with Crippen LogP contribution < -0.4 is 10.5 Å². The second kappa shape index (κ2) is 8.17. The molecule has 90 valence electrons. The van der Waals surface area contributed by atoms with Crippen LogP contribution in [0.15, 0.2) is 24.3 Å². The molecule has 0 aromatic heterocycles. The Hall–Kier alpha value is -1.02. The number of hydrogen-bond donors (Lipinski definition) is 1. The lowest BCUT2D eigenvalue weighted by Crippen LogP contribution is -2.07. The summed E-state index contributed by atoms with van der Waals surface area (Å²) in [6.45, 7) is 3.64. The Morgan fingerprint density at radius 2 is 1.94 bits per heavy atom. The topological polar surface area (TPSA) is 35.2 Å². The Bertz CT molecular complexity index is 257. The van der Waals surface area contributed by atoms with Crippen molar-refractivity contribution in [3.63, 3.8) is 0 Å². The maximum atomic E-state index is 5.73. The zero-order valence-electron chi connectivity index (χ0n) is 10.2. The van der Waals surface area contributed by atoms with Crippen molar-refractivity contribution < 1.29 is 4.74 Å². The first-order valence-corrected chi connectivity index (χ1v) is 6.29. The quantitative estimate of drug-likeness (QED) is 0.684. The molecule has 1 rings (SSSR count). The van der Waals surface area contributed by atoms with Gasteiger partial charge < -0.3 is 10.5 Å². The molecule has 16 heavy (non-hydrogen) atoms. The van der Waals surface area contributed by atoms with Crippen molar-refractivity contribution in [2.45, 2.75) is 39.0 Å². The minimum Gasteiger partial charge on any atom is -0.493 e. The van der Waals surface area contributed by atoms with Crippen molar-refractivity contribution in [2.24, 2.45) is 5.73 Å². The van der Waals surface area contributed by atoms with E-state index in [2.05, 4.69) is 25.1 Å². The maximum Gasteiger partial charge on any atom is 0.122 e. The molecule has 2 N–H and O–H groups in total. The minimum atomic E-state index is 0.692. The predicted octanol–water partition coefficient (Wildman–Crippen LogP) is 3.15. The van der Waals surface area contributed by atoms with E-state index in [9.17, 15) is 0 Å². The summed E-state index contributed by atoms with van der Waals surface area (Å²) in [5, 5.41) is 0. The lowest BCUT2D eigenvalue weighted by Gasteiger charge is -2.10. The van der Waals surface area contributed by atoms with Gasteiger partial charge in [-0.1, -0.05) is 38.0 Å². The van der Waals surface area contributed by atoms with Crippen molar-refractivity contribution in [1.29, 1.82) is 0 Å². The smallest absolute Gasteiger partial charge is 0.122 e. The van der Waals surface area contributed by atoms with E-state index in [0.29, 0.717) is 6.54 Å². The van der Waals surface area contributed by atoms with Crippen molar-refractivity contribution in [2.75, 3.05) is 13.2 Å². The van der Waals surface area contributed by atoms with Crippen molar-refractivity contribution in [3.05, 3.63) is 29.8 Å².